The molecule has 1 spiro atoms. The first-order valence-electron chi connectivity index (χ1n) is 7.22. The van der Waals surface area contributed by atoms with Gasteiger partial charge in [0, 0.05) is 5.54 Å². The number of hydrogen-bond donors (Lipinski definition) is 0. The molecule has 0 N–H and O–H groups in total. The maximum Gasteiger partial charge on any atom is 1.00 e. The van der Waals surface area contributed by atoms with E-state index in [1.54, 1.807) is 6.07 Å². The van der Waals surface area contributed by atoms with E-state index in [1.807, 2.05) is 12.1 Å². The smallest absolute Gasteiger partial charge is 0.501 e. The first-order valence-corrected chi connectivity index (χ1v) is 7.22. The summed E-state index contributed by atoms with van der Waals surface area (Å²) in [6.07, 6.45) is 5.53. The van der Waals surface area contributed by atoms with Crippen molar-refractivity contribution in [3.8, 4) is 6.07 Å². The van der Waals surface area contributed by atoms with Crippen molar-refractivity contribution in [3.63, 3.8) is 0 Å². The van der Waals surface area contributed by atoms with E-state index in [-0.39, 0.29) is 56.9 Å². The van der Waals surface area contributed by atoms with Gasteiger partial charge in [-0.25, -0.2) is 0 Å². The standard InChI is InChI=1S/C16H18N3O.K/c1-2-13-9-12(10-17)5-6-14(13)18-15-19-16(11-20-15)7-3-4-8-16;/h5-6,9H,2-4,7-8,11H2,1H3;/q-1;+1. The minimum Gasteiger partial charge on any atom is -0.501 e. The predicted molar refractivity (Wildman–Crippen MR) is 78.1 cm³/mol. The fourth-order valence-electron chi connectivity index (χ4n) is 2.96. The van der Waals surface area contributed by atoms with E-state index in [0.717, 1.165) is 30.5 Å². The Morgan fingerprint density at radius 3 is 2.81 bits per heavy atom. The van der Waals surface area contributed by atoms with Crippen molar-refractivity contribution in [1.29, 1.82) is 5.26 Å². The number of aryl methyl sites for hydroxylation is 1. The Labute approximate surface area is 168 Å². The second-order valence-electron chi connectivity index (χ2n) is 5.54. The van der Waals surface area contributed by atoms with Gasteiger partial charge in [0.25, 0.3) is 0 Å². The van der Waals surface area contributed by atoms with E-state index in [1.165, 1.54) is 12.8 Å². The molecular weight excluding hydrogens is 289 g/mol. The zero-order valence-electron chi connectivity index (χ0n) is 12.7. The number of ether oxygens (including phenoxy) is 1. The number of rotatable bonds is 2. The van der Waals surface area contributed by atoms with E-state index in [2.05, 4.69) is 18.0 Å². The van der Waals surface area contributed by atoms with Crippen LogP contribution in [-0.4, -0.2) is 18.2 Å². The summed E-state index contributed by atoms with van der Waals surface area (Å²) in [6, 6.07) is 8.22. The molecule has 1 aromatic carbocycles. The molecule has 1 aliphatic carbocycles. The van der Waals surface area contributed by atoms with Gasteiger partial charge in [-0.05, 0) is 42.6 Å². The van der Waals surface area contributed by atoms with Gasteiger partial charge in [0.05, 0.1) is 24.3 Å². The van der Waals surface area contributed by atoms with Crippen LogP contribution in [0.5, 0.6) is 0 Å². The molecule has 3 rings (SSSR count). The minimum atomic E-state index is -0.00218. The summed E-state index contributed by atoms with van der Waals surface area (Å²) in [6.45, 7) is 2.73. The van der Waals surface area contributed by atoms with Gasteiger partial charge < -0.3 is 15.0 Å². The van der Waals surface area contributed by atoms with Crippen molar-refractivity contribution < 1.29 is 56.1 Å². The molecule has 5 heteroatoms. The van der Waals surface area contributed by atoms with Crippen molar-refractivity contribution in [2.75, 3.05) is 6.61 Å². The van der Waals surface area contributed by atoms with Crippen molar-refractivity contribution in [3.05, 3.63) is 34.6 Å². The molecule has 1 saturated heterocycles. The number of benzene rings is 1. The number of nitriles is 1. The largest absolute Gasteiger partial charge is 1.00 e. The Balaban J connectivity index is 0.00000161. The monoisotopic (exact) mass is 307 g/mol. The molecule has 0 radical (unpaired) electrons. The molecule has 4 nitrogen and oxygen atoms in total. The Hall–Kier alpha value is -0.384. The van der Waals surface area contributed by atoms with Crippen LogP contribution in [0.15, 0.2) is 23.2 Å². The van der Waals surface area contributed by atoms with Crippen LogP contribution in [0.25, 0.3) is 5.32 Å². The Kier molecular flexibility index (Phi) is 5.86. The Bertz CT molecular complexity index is 586. The minimum absolute atomic E-state index is 0. The summed E-state index contributed by atoms with van der Waals surface area (Å²) in [4.78, 5) is 4.54. The summed E-state index contributed by atoms with van der Waals surface area (Å²) < 4.78 is 5.67. The normalized spacial score (nSPS) is 20.7. The van der Waals surface area contributed by atoms with Crippen LogP contribution in [0.1, 0.15) is 43.7 Å². The molecule has 0 unspecified atom stereocenters. The molecule has 1 saturated carbocycles. The van der Waals surface area contributed by atoms with Crippen LogP contribution in [0.4, 0.5) is 5.69 Å². The van der Waals surface area contributed by atoms with Gasteiger partial charge in [-0.2, -0.15) is 5.26 Å². The molecule has 1 aromatic rings. The molecule has 0 aromatic heterocycles. The molecule has 1 heterocycles. The summed E-state index contributed by atoms with van der Waals surface area (Å²) in [7, 11) is 0. The zero-order valence-corrected chi connectivity index (χ0v) is 15.8. The van der Waals surface area contributed by atoms with Crippen molar-refractivity contribution in [2.24, 2.45) is 4.99 Å². The first-order chi connectivity index (χ1) is 9.74. The fraction of sp³-hybridized carbons (Fsp3) is 0.500. The number of nitrogens with zero attached hydrogens (tertiary/aromatic N) is 3. The van der Waals surface area contributed by atoms with E-state index in [4.69, 9.17) is 15.3 Å². The van der Waals surface area contributed by atoms with Gasteiger partial charge in [0.15, 0.2) is 0 Å². The fourth-order valence-corrected chi connectivity index (χ4v) is 2.96. The van der Waals surface area contributed by atoms with Crippen molar-refractivity contribution >= 4 is 11.7 Å². The summed E-state index contributed by atoms with van der Waals surface area (Å²) >= 11 is 0. The van der Waals surface area contributed by atoms with Gasteiger partial charge in [0.2, 0.25) is 0 Å². The maximum absolute atomic E-state index is 8.94. The molecule has 0 bridgehead atoms. The van der Waals surface area contributed by atoms with Gasteiger partial charge in [-0.3, -0.25) is 0 Å². The topological polar surface area (TPSA) is 59.5 Å². The average molecular weight is 307 g/mol. The summed E-state index contributed by atoms with van der Waals surface area (Å²) in [5.74, 6) is 0. The predicted octanol–water partition coefficient (Wildman–Crippen LogP) is 0.829. The Morgan fingerprint density at radius 1 is 1.38 bits per heavy atom. The van der Waals surface area contributed by atoms with E-state index in [9.17, 15) is 0 Å². The van der Waals surface area contributed by atoms with Gasteiger partial charge in [0.1, 0.15) is 0 Å². The SMILES string of the molecule is CCc1cc(C#N)ccc1N=C1[N-]C2(CCCC2)CO1.[K+]. The molecule has 2 aliphatic rings. The van der Waals surface area contributed by atoms with E-state index in [0.29, 0.717) is 18.2 Å². The number of amidine groups is 1. The van der Waals surface area contributed by atoms with Gasteiger partial charge in [-0.1, -0.05) is 25.8 Å². The third kappa shape index (κ3) is 3.69. The molecule has 0 amide bonds. The third-order valence-electron chi connectivity index (χ3n) is 4.14. The zero-order chi connectivity index (χ0) is 14.0. The quantitative estimate of drug-likeness (QED) is 0.760. The summed E-state index contributed by atoms with van der Waals surface area (Å²) in [5, 5.41) is 13.6. The third-order valence-corrected chi connectivity index (χ3v) is 4.14. The van der Waals surface area contributed by atoms with E-state index >= 15 is 0 Å². The van der Waals surface area contributed by atoms with Crippen LogP contribution in [0.3, 0.4) is 0 Å². The molecule has 21 heavy (non-hydrogen) atoms. The van der Waals surface area contributed by atoms with Crippen LogP contribution in [0.2, 0.25) is 0 Å². The Morgan fingerprint density at radius 2 is 2.14 bits per heavy atom. The second kappa shape index (κ2) is 7.25. The molecule has 104 valence electrons. The second-order valence-corrected chi connectivity index (χ2v) is 5.54. The van der Waals surface area contributed by atoms with Gasteiger partial charge >= 0.3 is 51.4 Å². The first kappa shape index (κ1) is 17.0. The average Bonchev–Trinajstić information content (AvgIpc) is 3.10. The van der Waals surface area contributed by atoms with Crippen LogP contribution < -0.4 is 51.4 Å². The molecule has 2 fully saturated rings. The van der Waals surface area contributed by atoms with Gasteiger partial charge in [-0.15, -0.1) is 0 Å². The van der Waals surface area contributed by atoms with Crippen molar-refractivity contribution in [2.45, 2.75) is 44.6 Å². The van der Waals surface area contributed by atoms with Crippen LogP contribution in [0, 0.1) is 11.3 Å². The molecule has 0 atom stereocenters. The summed E-state index contributed by atoms with van der Waals surface area (Å²) in [5.41, 5.74) is 2.59. The molecular formula is C16H18KN3O. The van der Waals surface area contributed by atoms with Crippen LogP contribution in [-0.2, 0) is 11.2 Å². The number of aliphatic imine (C=N–C) groups is 1. The van der Waals surface area contributed by atoms with E-state index < -0.39 is 0 Å². The van der Waals surface area contributed by atoms with Crippen LogP contribution >= 0.6 is 0 Å². The van der Waals surface area contributed by atoms with Crippen molar-refractivity contribution in [1.82, 2.24) is 0 Å². The number of hydrogen-bond acceptors (Lipinski definition) is 3. The molecule has 1 aliphatic heterocycles. The maximum atomic E-state index is 8.94.